The van der Waals surface area contributed by atoms with Crippen molar-refractivity contribution in [3.05, 3.63) is 62.5 Å². The van der Waals surface area contributed by atoms with Gasteiger partial charge in [-0.3, -0.25) is 10.1 Å². The van der Waals surface area contributed by atoms with Crippen molar-refractivity contribution in [2.24, 2.45) is 5.73 Å². The van der Waals surface area contributed by atoms with Crippen LogP contribution in [-0.4, -0.2) is 52.7 Å². The molecule has 0 amide bonds. The van der Waals surface area contributed by atoms with Crippen LogP contribution < -0.4 is 11.1 Å². The molecule has 0 spiro atoms. The molecule has 1 aliphatic rings. The van der Waals surface area contributed by atoms with E-state index >= 15 is 0 Å². The number of ether oxygens (including phenoxy) is 2. The Morgan fingerprint density at radius 1 is 1.19 bits per heavy atom. The molecule has 10 nitrogen and oxygen atoms in total. The third-order valence-corrected chi connectivity index (χ3v) is 6.00. The van der Waals surface area contributed by atoms with Gasteiger partial charge in [0.2, 0.25) is 0 Å². The van der Waals surface area contributed by atoms with E-state index in [4.69, 9.17) is 15.2 Å². The van der Waals surface area contributed by atoms with E-state index in [1.165, 1.54) is 18.2 Å². The highest BCUT2D eigenvalue weighted by molar-refractivity contribution is 7.91. The second-order valence-electron chi connectivity index (χ2n) is 6.86. The molecule has 0 fully saturated rings. The summed E-state index contributed by atoms with van der Waals surface area (Å²) in [5.74, 6) is -2.19. The molecular weight excluding hydrogens is 438 g/mol. The van der Waals surface area contributed by atoms with E-state index < -0.39 is 34.0 Å². The van der Waals surface area contributed by atoms with Crippen LogP contribution in [0.4, 0.5) is 5.69 Å². The standard InChI is InChI=1S/C21H27N3O7S/c1-4-30-20(25)17-13(3)23-16(12-32(29)10-9-22)19(21(26)31-5-2)18(17)14-7-6-8-15(11-14)24(27)28/h6-8,11,18,23H,4-5,9-10,12,22H2,1-3H3. The Morgan fingerprint density at radius 2 is 1.81 bits per heavy atom. The molecular formula is C21H27N3O7S. The molecule has 2 atom stereocenters. The molecule has 11 heteroatoms. The number of nitrogens with two attached hydrogens (primary N) is 1. The number of allylic oxidation sites excluding steroid dienone is 1. The molecule has 0 aromatic heterocycles. The minimum atomic E-state index is -1.38. The number of rotatable bonds is 10. The van der Waals surface area contributed by atoms with E-state index in [9.17, 15) is 24.3 Å². The van der Waals surface area contributed by atoms with E-state index in [1.54, 1.807) is 26.8 Å². The molecule has 174 valence electrons. The van der Waals surface area contributed by atoms with Gasteiger partial charge in [-0.1, -0.05) is 12.1 Å². The summed E-state index contributed by atoms with van der Waals surface area (Å²) in [5.41, 5.74) is 6.55. The van der Waals surface area contributed by atoms with Gasteiger partial charge >= 0.3 is 11.9 Å². The third-order valence-electron chi connectivity index (χ3n) is 4.70. The van der Waals surface area contributed by atoms with Gasteiger partial charge in [-0.15, -0.1) is 0 Å². The van der Waals surface area contributed by atoms with Gasteiger partial charge in [-0.2, -0.15) is 0 Å². The number of nitrogens with one attached hydrogen (secondary N) is 1. The Kier molecular flexibility index (Phi) is 9.24. The van der Waals surface area contributed by atoms with Gasteiger partial charge in [0.1, 0.15) is 11.5 Å². The second-order valence-corrected chi connectivity index (χ2v) is 8.44. The summed E-state index contributed by atoms with van der Waals surface area (Å²) in [4.78, 5) is 36.7. The zero-order chi connectivity index (χ0) is 23.8. The van der Waals surface area contributed by atoms with Crippen LogP contribution in [0.15, 0.2) is 46.8 Å². The normalized spacial score (nSPS) is 17.0. The summed E-state index contributed by atoms with van der Waals surface area (Å²) in [6, 6.07) is 5.68. The molecule has 1 aromatic rings. The molecule has 32 heavy (non-hydrogen) atoms. The van der Waals surface area contributed by atoms with Crippen molar-refractivity contribution in [2.75, 3.05) is 31.3 Å². The molecule has 2 unspecified atom stereocenters. The molecule has 1 heterocycles. The molecule has 1 aliphatic heterocycles. The molecule has 0 aliphatic carbocycles. The third kappa shape index (κ3) is 5.87. The Labute approximate surface area is 189 Å². The van der Waals surface area contributed by atoms with Gasteiger partial charge in [0, 0.05) is 24.4 Å². The van der Waals surface area contributed by atoms with Crippen LogP contribution in [0, 0.1) is 10.1 Å². The Morgan fingerprint density at radius 3 is 2.38 bits per heavy atom. The monoisotopic (exact) mass is 465 g/mol. The van der Waals surface area contributed by atoms with Crippen LogP contribution in [0.3, 0.4) is 0 Å². The predicted molar refractivity (Wildman–Crippen MR) is 119 cm³/mol. The number of carbonyl (C=O) groups excluding carboxylic acids is 2. The number of benzene rings is 1. The number of dihydropyridines is 1. The quantitative estimate of drug-likeness (QED) is 0.227. The van der Waals surface area contributed by atoms with Crippen LogP contribution in [0.1, 0.15) is 32.3 Å². The number of non-ortho nitro benzene ring substituents is 1. The number of nitro benzene ring substituents is 1. The Bertz CT molecular complexity index is 945. The largest absolute Gasteiger partial charge is 0.616 e. The first-order valence-electron chi connectivity index (χ1n) is 10.1. The molecule has 3 N–H and O–H groups in total. The molecule has 0 saturated carbocycles. The Hall–Kier alpha value is -2.89. The van der Waals surface area contributed by atoms with Crippen LogP contribution in [0.25, 0.3) is 0 Å². The first kappa shape index (κ1) is 25.4. The van der Waals surface area contributed by atoms with Crippen molar-refractivity contribution in [1.82, 2.24) is 5.32 Å². The summed E-state index contributed by atoms with van der Waals surface area (Å²) in [6.07, 6.45) is 0. The van der Waals surface area contributed by atoms with Crippen LogP contribution >= 0.6 is 0 Å². The summed E-state index contributed by atoms with van der Waals surface area (Å²) in [6.45, 7) is 5.28. The van der Waals surface area contributed by atoms with Gasteiger partial charge in [-0.05, 0) is 37.5 Å². The number of hydrogen-bond acceptors (Lipinski definition) is 9. The highest BCUT2D eigenvalue weighted by Gasteiger charge is 2.40. The first-order valence-corrected chi connectivity index (χ1v) is 11.6. The summed E-state index contributed by atoms with van der Waals surface area (Å²) >= 11 is -1.38. The lowest BCUT2D eigenvalue weighted by Gasteiger charge is -2.31. The number of nitro groups is 1. The minimum absolute atomic E-state index is 0.0236. The number of hydrogen-bond donors (Lipinski definition) is 2. The zero-order valence-corrected chi connectivity index (χ0v) is 19.0. The van der Waals surface area contributed by atoms with Crippen molar-refractivity contribution in [3.8, 4) is 0 Å². The van der Waals surface area contributed by atoms with Gasteiger partial charge in [0.15, 0.2) is 0 Å². The van der Waals surface area contributed by atoms with Crippen molar-refractivity contribution in [2.45, 2.75) is 26.7 Å². The predicted octanol–water partition coefficient (Wildman–Crippen LogP) is 1.64. The van der Waals surface area contributed by atoms with E-state index in [-0.39, 0.29) is 48.1 Å². The van der Waals surface area contributed by atoms with Crippen LogP contribution in [0.5, 0.6) is 0 Å². The zero-order valence-electron chi connectivity index (χ0n) is 18.2. The summed E-state index contributed by atoms with van der Waals surface area (Å²) < 4.78 is 22.9. The minimum Gasteiger partial charge on any atom is -0.616 e. The molecule has 0 bridgehead atoms. The van der Waals surface area contributed by atoms with Gasteiger partial charge in [0.25, 0.3) is 5.69 Å². The van der Waals surface area contributed by atoms with Crippen molar-refractivity contribution in [3.63, 3.8) is 0 Å². The molecule has 0 radical (unpaired) electrons. The number of nitrogens with zero attached hydrogens (tertiary/aromatic N) is 1. The fraction of sp³-hybridized carbons (Fsp3) is 0.429. The van der Waals surface area contributed by atoms with E-state index in [1.807, 2.05) is 0 Å². The fourth-order valence-corrected chi connectivity index (χ4v) is 4.41. The lowest BCUT2D eigenvalue weighted by atomic mass is 9.80. The second kappa shape index (κ2) is 11.7. The highest BCUT2D eigenvalue weighted by atomic mass is 32.2. The maximum absolute atomic E-state index is 13.0. The van der Waals surface area contributed by atoms with E-state index in [0.29, 0.717) is 17.0 Å². The van der Waals surface area contributed by atoms with Crippen molar-refractivity contribution >= 4 is 28.8 Å². The van der Waals surface area contributed by atoms with Crippen molar-refractivity contribution in [1.29, 1.82) is 0 Å². The first-order chi connectivity index (χ1) is 15.2. The molecule has 2 rings (SSSR count). The lowest BCUT2D eigenvalue weighted by Crippen LogP contribution is -2.36. The van der Waals surface area contributed by atoms with E-state index in [2.05, 4.69) is 5.32 Å². The van der Waals surface area contributed by atoms with Crippen molar-refractivity contribution < 1.29 is 28.5 Å². The average Bonchev–Trinajstić information content (AvgIpc) is 2.73. The number of carbonyl (C=O) groups is 2. The lowest BCUT2D eigenvalue weighted by molar-refractivity contribution is -0.384. The van der Waals surface area contributed by atoms with E-state index in [0.717, 1.165) is 0 Å². The molecule has 0 saturated heterocycles. The maximum atomic E-state index is 13.0. The molecule has 1 aromatic carbocycles. The maximum Gasteiger partial charge on any atom is 0.336 e. The Balaban J connectivity index is 2.74. The number of esters is 2. The average molecular weight is 466 g/mol. The summed E-state index contributed by atoms with van der Waals surface area (Å²) in [5, 5.41) is 14.4. The van der Waals surface area contributed by atoms with Gasteiger partial charge < -0.3 is 25.1 Å². The summed E-state index contributed by atoms with van der Waals surface area (Å²) in [7, 11) is 0. The van der Waals surface area contributed by atoms with Gasteiger partial charge in [-0.25, -0.2) is 9.59 Å². The van der Waals surface area contributed by atoms with Crippen LogP contribution in [-0.2, 0) is 30.2 Å². The fourth-order valence-electron chi connectivity index (χ4n) is 3.46. The topological polar surface area (TPSA) is 157 Å². The van der Waals surface area contributed by atoms with Gasteiger partial charge in [0.05, 0.1) is 40.9 Å². The SMILES string of the molecule is CCOC(=O)C1=C(C)NC(C[S+]([O-])CCN)=C(C(=O)OCC)C1c1cccc([N+](=O)[O-])c1. The van der Waals surface area contributed by atoms with Crippen LogP contribution in [0.2, 0.25) is 0 Å². The smallest absolute Gasteiger partial charge is 0.336 e. The highest BCUT2D eigenvalue weighted by Crippen LogP contribution is 2.40.